The maximum Gasteiger partial charge on any atom is 0.257 e. The molecule has 8 heteroatoms. The van der Waals surface area contributed by atoms with Gasteiger partial charge in [0.2, 0.25) is 0 Å². The van der Waals surface area contributed by atoms with E-state index in [1.807, 2.05) is 24.3 Å². The van der Waals surface area contributed by atoms with Gasteiger partial charge in [-0.15, -0.1) is 0 Å². The highest BCUT2D eigenvalue weighted by Gasteiger charge is 2.14. The number of hydrogen-bond donors (Lipinski definition) is 2. The molecule has 8 nitrogen and oxygen atoms in total. The first-order valence-electron chi connectivity index (χ1n) is 11.1. The quantitative estimate of drug-likeness (QED) is 0.374. The van der Waals surface area contributed by atoms with Crippen LogP contribution in [-0.2, 0) is 32.4 Å². The van der Waals surface area contributed by atoms with Gasteiger partial charge >= 0.3 is 0 Å². The Hall–Kier alpha value is -3.16. The zero-order valence-corrected chi connectivity index (χ0v) is 18.9. The van der Waals surface area contributed by atoms with Gasteiger partial charge < -0.3 is 19.7 Å². The molecular weight excluding hydrogens is 392 g/mol. The van der Waals surface area contributed by atoms with Gasteiger partial charge in [0, 0.05) is 37.1 Å². The van der Waals surface area contributed by atoms with Crippen LogP contribution in [0.5, 0.6) is 0 Å². The minimum Gasteiger partial charge on any atom is -0.361 e. The molecule has 2 heterocycles. The first-order valence-corrected chi connectivity index (χ1v) is 11.1. The molecule has 166 valence electrons. The van der Waals surface area contributed by atoms with Crippen molar-refractivity contribution in [2.24, 2.45) is 4.99 Å². The number of aliphatic imine (C=N–C) groups is 1. The number of rotatable bonds is 10. The van der Waals surface area contributed by atoms with Crippen molar-refractivity contribution in [2.45, 2.75) is 66.5 Å². The molecule has 0 amide bonds. The minimum atomic E-state index is 0.532. The molecular formula is C23H32N6O2. The smallest absolute Gasteiger partial charge is 0.257 e. The van der Waals surface area contributed by atoms with Gasteiger partial charge in [0.1, 0.15) is 5.76 Å². The third kappa shape index (κ3) is 5.93. The first-order chi connectivity index (χ1) is 15.2. The highest BCUT2D eigenvalue weighted by atomic mass is 16.5. The minimum absolute atomic E-state index is 0.532. The van der Waals surface area contributed by atoms with E-state index in [9.17, 15) is 0 Å². The van der Waals surface area contributed by atoms with Crippen molar-refractivity contribution in [2.75, 3.05) is 6.54 Å². The van der Waals surface area contributed by atoms with Crippen LogP contribution in [0.4, 0.5) is 0 Å². The number of guanidine groups is 1. The maximum absolute atomic E-state index is 5.46. The predicted molar refractivity (Wildman–Crippen MR) is 121 cm³/mol. The Morgan fingerprint density at radius 3 is 2.65 bits per heavy atom. The van der Waals surface area contributed by atoms with Gasteiger partial charge in [-0.25, -0.2) is 4.99 Å². The van der Waals surface area contributed by atoms with Crippen molar-refractivity contribution in [3.8, 4) is 11.5 Å². The SMILES string of the molecule is CCCc1noc(-c2cccc(CN=C(NCC)NCc3c(CC)noc3CC)c2)n1. The zero-order chi connectivity index (χ0) is 22.1. The molecule has 0 aliphatic carbocycles. The highest BCUT2D eigenvalue weighted by molar-refractivity contribution is 5.79. The van der Waals surface area contributed by atoms with Gasteiger partial charge in [0.15, 0.2) is 11.8 Å². The lowest BCUT2D eigenvalue weighted by Crippen LogP contribution is -2.37. The molecule has 0 atom stereocenters. The van der Waals surface area contributed by atoms with E-state index in [1.165, 1.54) is 0 Å². The first kappa shape index (κ1) is 22.5. The molecule has 0 aliphatic rings. The Bertz CT molecular complexity index is 970. The molecule has 3 rings (SSSR count). The third-order valence-corrected chi connectivity index (χ3v) is 4.92. The second-order valence-corrected chi connectivity index (χ2v) is 7.25. The lowest BCUT2D eigenvalue weighted by atomic mass is 10.1. The standard InChI is InChI=1S/C23H32N6O2/c1-5-10-21-27-22(31-29-21)17-12-9-11-16(13-17)14-25-23(24-8-4)26-15-18-19(6-2)28-30-20(18)7-3/h9,11-13H,5-8,10,14-15H2,1-4H3,(H2,24,25,26). The summed E-state index contributed by atoms with van der Waals surface area (Å²) in [5, 5.41) is 14.9. The second-order valence-electron chi connectivity index (χ2n) is 7.25. The Morgan fingerprint density at radius 2 is 1.90 bits per heavy atom. The molecule has 3 aromatic rings. The van der Waals surface area contributed by atoms with E-state index in [1.54, 1.807) is 0 Å². The van der Waals surface area contributed by atoms with E-state index in [4.69, 9.17) is 14.0 Å². The van der Waals surface area contributed by atoms with Crippen molar-refractivity contribution >= 4 is 5.96 Å². The summed E-state index contributed by atoms with van der Waals surface area (Å²) >= 11 is 0. The summed E-state index contributed by atoms with van der Waals surface area (Å²) in [6, 6.07) is 8.05. The van der Waals surface area contributed by atoms with Crippen LogP contribution >= 0.6 is 0 Å². The molecule has 2 N–H and O–H groups in total. The fourth-order valence-electron chi connectivity index (χ4n) is 3.32. The third-order valence-electron chi connectivity index (χ3n) is 4.92. The van der Waals surface area contributed by atoms with E-state index >= 15 is 0 Å². The van der Waals surface area contributed by atoms with Gasteiger partial charge in [-0.1, -0.05) is 43.2 Å². The molecule has 0 aliphatic heterocycles. The Balaban J connectivity index is 1.69. The highest BCUT2D eigenvalue weighted by Crippen LogP contribution is 2.19. The topological polar surface area (TPSA) is 101 Å². The van der Waals surface area contributed by atoms with Crippen molar-refractivity contribution in [1.29, 1.82) is 0 Å². The van der Waals surface area contributed by atoms with Crippen LogP contribution in [0.1, 0.15) is 62.5 Å². The molecule has 0 radical (unpaired) electrons. The largest absolute Gasteiger partial charge is 0.361 e. The number of nitrogens with one attached hydrogen (secondary N) is 2. The maximum atomic E-state index is 5.46. The van der Waals surface area contributed by atoms with Gasteiger partial charge in [-0.05, 0) is 37.5 Å². The summed E-state index contributed by atoms with van der Waals surface area (Å²) in [6.45, 7) is 10.2. The van der Waals surface area contributed by atoms with Crippen molar-refractivity contribution in [3.63, 3.8) is 0 Å². The molecule has 0 spiro atoms. The van der Waals surface area contributed by atoms with Gasteiger partial charge in [-0.3, -0.25) is 0 Å². The van der Waals surface area contributed by atoms with Crippen LogP contribution in [0, 0.1) is 0 Å². The van der Waals surface area contributed by atoms with Crippen molar-refractivity contribution in [3.05, 3.63) is 52.7 Å². The fraction of sp³-hybridized carbons (Fsp3) is 0.478. The number of hydrogen-bond acceptors (Lipinski definition) is 6. The molecule has 1 aromatic carbocycles. The molecule has 0 saturated heterocycles. The molecule has 0 unspecified atom stereocenters. The fourth-order valence-corrected chi connectivity index (χ4v) is 3.32. The summed E-state index contributed by atoms with van der Waals surface area (Å²) in [6.07, 6.45) is 3.47. The predicted octanol–water partition coefficient (Wildman–Crippen LogP) is 4.06. The normalized spacial score (nSPS) is 11.7. The Labute approximate surface area is 183 Å². The van der Waals surface area contributed by atoms with Crippen LogP contribution < -0.4 is 10.6 Å². The number of aromatic nitrogens is 3. The van der Waals surface area contributed by atoms with E-state index < -0.39 is 0 Å². The molecule has 31 heavy (non-hydrogen) atoms. The second kappa shape index (κ2) is 11.3. The molecule has 0 saturated carbocycles. The number of nitrogens with zero attached hydrogens (tertiary/aromatic N) is 4. The summed E-state index contributed by atoms with van der Waals surface area (Å²) in [5.74, 6) is 2.97. The number of benzene rings is 1. The van der Waals surface area contributed by atoms with Crippen LogP contribution in [0.15, 0.2) is 38.3 Å². The summed E-state index contributed by atoms with van der Waals surface area (Å²) in [7, 11) is 0. The summed E-state index contributed by atoms with van der Waals surface area (Å²) in [4.78, 5) is 9.21. The van der Waals surface area contributed by atoms with E-state index in [0.29, 0.717) is 19.0 Å². The monoisotopic (exact) mass is 424 g/mol. The van der Waals surface area contributed by atoms with Crippen LogP contribution in [0.3, 0.4) is 0 Å². The average molecular weight is 425 g/mol. The average Bonchev–Trinajstić information content (AvgIpc) is 3.42. The molecule has 0 bridgehead atoms. The van der Waals surface area contributed by atoms with E-state index in [-0.39, 0.29) is 0 Å². The van der Waals surface area contributed by atoms with Crippen molar-refractivity contribution in [1.82, 2.24) is 25.9 Å². The van der Waals surface area contributed by atoms with Gasteiger partial charge in [-0.2, -0.15) is 4.98 Å². The number of aryl methyl sites for hydroxylation is 3. The van der Waals surface area contributed by atoms with Gasteiger partial charge in [0.25, 0.3) is 5.89 Å². The molecule has 0 fully saturated rings. The van der Waals surface area contributed by atoms with E-state index in [2.05, 4.69) is 53.6 Å². The summed E-state index contributed by atoms with van der Waals surface area (Å²) < 4.78 is 10.9. The van der Waals surface area contributed by atoms with E-state index in [0.717, 1.165) is 72.2 Å². The van der Waals surface area contributed by atoms with Crippen LogP contribution in [0.25, 0.3) is 11.5 Å². The lowest BCUT2D eigenvalue weighted by molar-refractivity contribution is 0.380. The van der Waals surface area contributed by atoms with Crippen LogP contribution in [0.2, 0.25) is 0 Å². The Morgan fingerprint density at radius 1 is 1.03 bits per heavy atom. The zero-order valence-electron chi connectivity index (χ0n) is 18.9. The van der Waals surface area contributed by atoms with Crippen molar-refractivity contribution < 1.29 is 9.05 Å². The summed E-state index contributed by atoms with van der Waals surface area (Å²) in [5.41, 5.74) is 4.09. The Kier molecular flexibility index (Phi) is 8.20. The lowest BCUT2D eigenvalue weighted by Gasteiger charge is -2.12. The molecule has 2 aromatic heterocycles. The van der Waals surface area contributed by atoms with Gasteiger partial charge in [0.05, 0.1) is 12.2 Å². The van der Waals surface area contributed by atoms with Crippen LogP contribution in [-0.4, -0.2) is 27.8 Å².